The van der Waals surface area contributed by atoms with Crippen LogP contribution in [-0.4, -0.2) is 17.5 Å². The molecule has 1 saturated heterocycles. The Labute approximate surface area is 300 Å². The Morgan fingerprint density at radius 2 is 1.18 bits per heavy atom. The molecule has 0 atom stereocenters. The molecule has 1 fully saturated rings. The molecule has 3 heterocycles. The lowest BCUT2D eigenvalue weighted by Crippen LogP contribution is -2.39. The largest absolute Gasteiger partial charge is 0.456 e. The highest BCUT2D eigenvalue weighted by molar-refractivity contribution is 6.69. The number of hydrogen-bond acceptors (Lipinski definition) is 3. The first kappa shape index (κ1) is 30.4. The maximum Gasteiger partial charge on any atom is 0.331 e. The van der Waals surface area contributed by atoms with Crippen LogP contribution < -0.4 is 10.2 Å². The second-order valence-corrected chi connectivity index (χ2v) is 15.5. The molecule has 1 aliphatic carbocycles. The maximum atomic E-state index is 7.38. The average molecular weight is 660 g/mol. The molecule has 246 valence electrons. The van der Waals surface area contributed by atoms with Crippen molar-refractivity contribution in [2.75, 3.05) is 0 Å². The summed E-state index contributed by atoms with van der Waals surface area (Å²) in [5.41, 5.74) is 11.9. The van der Waals surface area contributed by atoms with Crippen molar-refractivity contribution in [2.24, 2.45) is 5.41 Å². The lowest BCUT2D eigenvalue weighted by Gasteiger charge is -2.41. The molecule has 6 aromatic carbocycles. The molecular formula is C47H38BNO2. The number of para-hydroxylation sites is 2. The summed E-state index contributed by atoms with van der Waals surface area (Å²) in [6.07, 6.45) is 2.82. The fraction of sp³-hybridized carbons (Fsp3) is 0.170. The van der Waals surface area contributed by atoms with E-state index in [-0.39, 0.29) is 17.9 Å². The molecule has 0 radical (unpaired) electrons. The highest BCUT2D eigenvalue weighted by atomic mass is 16.5. The van der Waals surface area contributed by atoms with Crippen LogP contribution in [0, 0.1) is 5.41 Å². The van der Waals surface area contributed by atoms with Crippen molar-refractivity contribution in [3.8, 4) is 45.0 Å². The molecular weight excluding hydrogens is 621 g/mol. The number of pyridine rings is 1. The third-order valence-corrected chi connectivity index (χ3v) is 12.3. The number of nitrogens with zero attached hydrogens (tertiary/aromatic N) is 1. The van der Waals surface area contributed by atoms with Gasteiger partial charge in [-0.15, -0.1) is 0 Å². The van der Waals surface area contributed by atoms with Crippen LogP contribution in [0.1, 0.15) is 49.9 Å². The summed E-state index contributed by atoms with van der Waals surface area (Å²) in [6, 6.07) is 50.6. The molecule has 4 heteroatoms. The molecule has 3 nitrogen and oxygen atoms in total. The Morgan fingerprint density at radius 3 is 1.92 bits per heavy atom. The van der Waals surface area contributed by atoms with Crippen LogP contribution in [0.25, 0.3) is 44.3 Å². The third kappa shape index (κ3) is 4.20. The number of fused-ring (bicyclic) bond motifs is 10. The van der Waals surface area contributed by atoms with E-state index < -0.39 is 5.41 Å². The van der Waals surface area contributed by atoms with E-state index >= 15 is 0 Å². The maximum absolute atomic E-state index is 7.38. The molecule has 2 aliphatic heterocycles. The molecule has 3 aliphatic rings. The Hall–Kier alpha value is -5.45. The normalized spacial score (nSPS) is 17.1. The van der Waals surface area contributed by atoms with Crippen LogP contribution >= 0.6 is 0 Å². The van der Waals surface area contributed by atoms with Gasteiger partial charge in [-0.1, -0.05) is 141 Å². The van der Waals surface area contributed by atoms with Crippen molar-refractivity contribution in [2.45, 2.75) is 45.0 Å². The fourth-order valence-electron chi connectivity index (χ4n) is 9.07. The summed E-state index contributed by atoms with van der Waals surface area (Å²) in [5.74, 6) is 1.80. The molecule has 0 unspecified atom stereocenters. The zero-order valence-electron chi connectivity index (χ0n) is 29.4. The van der Waals surface area contributed by atoms with Gasteiger partial charge in [0.05, 0.1) is 16.7 Å². The highest BCUT2D eigenvalue weighted by Gasteiger charge is 2.55. The molecule has 1 spiro atoms. The van der Waals surface area contributed by atoms with Crippen molar-refractivity contribution in [3.05, 3.63) is 168 Å². The van der Waals surface area contributed by atoms with Crippen LogP contribution in [0.2, 0.25) is 6.32 Å². The lowest BCUT2D eigenvalue weighted by atomic mass is 9.52. The van der Waals surface area contributed by atoms with Crippen LogP contribution in [0.15, 0.2) is 146 Å². The van der Waals surface area contributed by atoms with Crippen LogP contribution in [0.4, 0.5) is 0 Å². The number of rotatable bonds is 3. The zero-order chi connectivity index (χ0) is 34.5. The van der Waals surface area contributed by atoms with Gasteiger partial charge >= 0.3 is 6.92 Å². The fourth-order valence-corrected chi connectivity index (χ4v) is 9.07. The van der Waals surface area contributed by atoms with Crippen LogP contribution in [0.3, 0.4) is 0 Å². The number of benzene rings is 6. The van der Waals surface area contributed by atoms with Gasteiger partial charge < -0.3 is 9.39 Å². The average Bonchev–Trinajstić information content (AvgIpc) is 3.57. The Kier molecular flexibility index (Phi) is 6.42. The second kappa shape index (κ2) is 10.8. The van der Waals surface area contributed by atoms with E-state index in [4.69, 9.17) is 14.4 Å². The predicted molar refractivity (Wildman–Crippen MR) is 209 cm³/mol. The van der Waals surface area contributed by atoms with Crippen molar-refractivity contribution < 1.29 is 9.39 Å². The smallest absolute Gasteiger partial charge is 0.331 e. The van der Waals surface area contributed by atoms with Gasteiger partial charge in [-0.2, -0.15) is 0 Å². The lowest BCUT2D eigenvalue weighted by molar-refractivity contribution is 0.0375. The van der Waals surface area contributed by atoms with E-state index in [9.17, 15) is 0 Å². The van der Waals surface area contributed by atoms with Gasteiger partial charge in [0.25, 0.3) is 0 Å². The van der Waals surface area contributed by atoms with Crippen molar-refractivity contribution in [3.63, 3.8) is 0 Å². The van der Waals surface area contributed by atoms with Crippen molar-refractivity contribution >= 4 is 23.2 Å². The third-order valence-electron chi connectivity index (χ3n) is 12.3. The summed E-state index contributed by atoms with van der Waals surface area (Å²) >= 11 is 0. The zero-order valence-corrected chi connectivity index (χ0v) is 29.4. The monoisotopic (exact) mass is 659 g/mol. The minimum Gasteiger partial charge on any atom is -0.456 e. The quantitative estimate of drug-likeness (QED) is 0.177. The summed E-state index contributed by atoms with van der Waals surface area (Å²) in [7, 11) is 0. The first-order valence-corrected chi connectivity index (χ1v) is 18.0. The van der Waals surface area contributed by atoms with Gasteiger partial charge in [0.2, 0.25) is 0 Å². The van der Waals surface area contributed by atoms with E-state index in [1.165, 1.54) is 33.2 Å². The van der Waals surface area contributed by atoms with Crippen molar-refractivity contribution in [1.29, 1.82) is 0 Å². The summed E-state index contributed by atoms with van der Waals surface area (Å²) in [5, 5.41) is 2.32. The minimum absolute atomic E-state index is 0.00153. The highest BCUT2D eigenvalue weighted by Crippen LogP contribution is 2.63. The summed E-state index contributed by atoms with van der Waals surface area (Å²) < 4.78 is 14.3. The van der Waals surface area contributed by atoms with Gasteiger partial charge in [0, 0.05) is 33.8 Å². The second-order valence-electron chi connectivity index (χ2n) is 15.5. The Morgan fingerprint density at radius 1 is 0.569 bits per heavy atom. The van der Waals surface area contributed by atoms with E-state index in [1.807, 2.05) is 6.20 Å². The molecule has 1 aromatic heterocycles. The number of hydrogen-bond donors (Lipinski definition) is 0. The van der Waals surface area contributed by atoms with E-state index in [0.29, 0.717) is 0 Å². The molecule has 0 bridgehead atoms. The van der Waals surface area contributed by atoms with E-state index in [1.54, 1.807) is 0 Å². The first-order chi connectivity index (χ1) is 24.8. The van der Waals surface area contributed by atoms with Gasteiger partial charge in [-0.3, -0.25) is 4.98 Å². The molecule has 0 N–H and O–H groups in total. The topological polar surface area (TPSA) is 31.4 Å². The molecule has 10 rings (SSSR count). The first-order valence-electron chi connectivity index (χ1n) is 18.0. The predicted octanol–water partition coefficient (Wildman–Crippen LogP) is 11.1. The molecule has 0 amide bonds. The number of ether oxygens (including phenoxy) is 1. The standard InChI is InChI=1S/C47H38BNO2/c1-45(2)29-48(51-46(45,3)4)41-25-13-24-40-44(41)50-43-34(31-15-11-16-32(28-31)42-33-17-6-5-14-30(33)26-27-49-42)20-12-23-39(43)47(40)37-21-9-7-18-35(37)36-19-8-10-22-38(36)47/h5-28H,29H2,1-4H3. The van der Waals surface area contributed by atoms with Gasteiger partial charge in [0.15, 0.2) is 0 Å². The SMILES string of the molecule is CC1(C)CB(c2cccc3c2Oc2c(-c4cccc(-c5nccc6ccccc56)c4)cccc2C32c3ccccc3-c3ccccc32)OC1(C)C. The van der Waals surface area contributed by atoms with E-state index in [2.05, 4.69) is 167 Å². The van der Waals surface area contributed by atoms with Crippen LogP contribution in [-0.2, 0) is 10.1 Å². The summed E-state index contributed by atoms with van der Waals surface area (Å²) in [4.78, 5) is 4.87. The number of aromatic nitrogens is 1. The van der Waals surface area contributed by atoms with Gasteiger partial charge in [-0.25, -0.2) is 0 Å². The van der Waals surface area contributed by atoms with Gasteiger partial charge in [0.1, 0.15) is 11.5 Å². The van der Waals surface area contributed by atoms with Crippen molar-refractivity contribution in [1.82, 2.24) is 4.98 Å². The minimum atomic E-state index is -0.569. The molecule has 0 saturated carbocycles. The molecule has 51 heavy (non-hydrogen) atoms. The molecule has 7 aromatic rings. The Bertz CT molecular complexity index is 2480. The van der Waals surface area contributed by atoms with Gasteiger partial charge in [-0.05, 0) is 76.4 Å². The van der Waals surface area contributed by atoms with Crippen LogP contribution in [0.5, 0.6) is 11.5 Å². The van der Waals surface area contributed by atoms with E-state index in [0.717, 1.165) is 56.6 Å². The Balaban J connectivity index is 1.25. The summed E-state index contributed by atoms with van der Waals surface area (Å²) in [6.45, 7) is 8.99.